The highest BCUT2D eigenvalue weighted by molar-refractivity contribution is 7.90. The Morgan fingerprint density at radius 1 is 1.08 bits per heavy atom. The minimum atomic E-state index is -3.64. The summed E-state index contributed by atoms with van der Waals surface area (Å²) in [6.07, 6.45) is 6.55. The van der Waals surface area contributed by atoms with Crippen molar-refractivity contribution < 1.29 is 8.42 Å². The fraction of sp³-hybridized carbons (Fsp3) is 0.316. The minimum absolute atomic E-state index is 0.283. The largest absolute Gasteiger partial charge is 0.317 e. The van der Waals surface area contributed by atoms with Crippen LogP contribution in [-0.2, 0) is 16.4 Å². The summed E-state index contributed by atoms with van der Waals surface area (Å²) < 4.78 is 27.5. The van der Waals surface area contributed by atoms with Crippen molar-refractivity contribution >= 4 is 21.1 Å². The average molecular weight is 355 g/mol. The van der Waals surface area contributed by atoms with Gasteiger partial charge in [0.25, 0.3) is 10.0 Å². The number of aromatic nitrogens is 2. The molecule has 0 aliphatic carbocycles. The number of nitrogens with one attached hydrogen (secondary N) is 1. The molecule has 130 valence electrons. The van der Waals surface area contributed by atoms with Crippen LogP contribution in [0.15, 0.2) is 59.8 Å². The molecule has 1 aliphatic rings. The van der Waals surface area contributed by atoms with E-state index in [2.05, 4.69) is 10.3 Å². The minimum Gasteiger partial charge on any atom is -0.317 e. The maximum Gasteiger partial charge on any atom is 0.269 e. The van der Waals surface area contributed by atoms with Crippen molar-refractivity contribution in [1.82, 2.24) is 14.3 Å². The van der Waals surface area contributed by atoms with Crippen molar-refractivity contribution in [3.05, 3.63) is 60.4 Å². The van der Waals surface area contributed by atoms with Gasteiger partial charge in [-0.25, -0.2) is 17.4 Å². The first-order valence-electron chi connectivity index (χ1n) is 8.62. The van der Waals surface area contributed by atoms with Crippen molar-refractivity contribution in [2.24, 2.45) is 5.92 Å². The Bertz CT molecular complexity index is 974. The lowest BCUT2D eigenvalue weighted by Gasteiger charge is -2.22. The lowest BCUT2D eigenvalue weighted by Crippen LogP contribution is -2.28. The molecule has 0 saturated carbocycles. The molecule has 25 heavy (non-hydrogen) atoms. The van der Waals surface area contributed by atoms with E-state index in [1.165, 1.54) is 3.97 Å². The van der Waals surface area contributed by atoms with Gasteiger partial charge in [-0.15, -0.1) is 0 Å². The van der Waals surface area contributed by atoms with E-state index in [1.54, 1.807) is 36.7 Å². The maximum absolute atomic E-state index is 13.1. The first-order chi connectivity index (χ1) is 12.2. The Hall–Kier alpha value is -2.18. The number of hydrogen-bond acceptors (Lipinski definition) is 4. The SMILES string of the molecule is O=S(=O)(c1ccccc1)n1cc(CC2CCNCC2)c2cccnc21. The Balaban J connectivity index is 1.80. The van der Waals surface area contributed by atoms with E-state index in [0.29, 0.717) is 11.6 Å². The van der Waals surface area contributed by atoms with Gasteiger partial charge in [-0.1, -0.05) is 18.2 Å². The molecule has 3 heterocycles. The van der Waals surface area contributed by atoms with Crippen LogP contribution >= 0.6 is 0 Å². The van der Waals surface area contributed by atoms with Crippen molar-refractivity contribution in [3.8, 4) is 0 Å². The van der Waals surface area contributed by atoms with Gasteiger partial charge in [0.05, 0.1) is 4.90 Å². The summed E-state index contributed by atoms with van der Waals surface area (Å²) in [7, 11) is -3.64. The van der Waals surface area contributed by atoms with E-state index < -0.39 is 10.0 Å². The molecule has 0 atom stereocenters. The molecule has 1 fully saturated rings. The quantitative estimate of drug-likeness (QED) is 0.782. The van der Waals surface area contributed by atoms with Gasteiger partial charge >= 0.3 is 0 Å². The normalized spacial score (nSPS) is 16.3. The van der Waals surface area contributed by atoms with Crippen molar-refractivity contribution in [2.45, 2.75) is 24.2 Å². The van der Waals surface area contributed by atoms with Crippen LogP contribution in [0.25, 0.3) is 11.0 Å². The zero-order chi connectivity index (χ0) is 17.3. The third kappa shape index (κ3) is 3.07. The Morgan fingerprint density at radius 2 is 1.84 bits per heavy atom. The number of benzene rings is 1. The van der Waals surface area contributed by atoms with Gasteiger partial charge in [0.2, 0.25) is 0 Å². The second-order valence-electron chi connectivity index (χ2n) is 6.54. The average Bonchev–Trinajstić information content (AvgIpc) is 3.03. The fourth-order valence-electron chi connectivity index (χ4n) is 3.54. The van der Waals surface area contributed by atoms with Gasteiger partial charge in [0.1, 0.15) is 0 Å². The van der Waals surface area contributed by atoms with Gasteiger partial charge in [-0.2, -0.15) is 0 Å². The third-order valence-electron chi connectivity index (χ3n) is 4.88. The molecule has 1 N–H and O–H groups in total. The topological polar surface area (TPSA) is 64.0 Å². The predicted molar refractivity (Wildman–Crippen MR) is 98.1 cm³/mol. The van der Waals surface area contributed by atoms with E-state index in [4.69, 9.17) is 0 Å². The highest BCUT2D eigenvalue weighted by Gasteiger charge is 2.23. The van der Waals surface area contributed by atoms with Crippen molar-refractivity contribution in [1.29, 1.82) is 0 Å². The monoisotopic (exact) mass is 355 g/mol. The Morgan fingerprint density at radius 3 is 2.60 bits per heavy atom. The molecule has 0 bridgehead atoms. The molecule has 2 aromatic heterocycles. The highest BCUT2D eigenvalue weighted by atomic mass is 32.2. The summed E-state index contributed by atoms with van der Waals surface area (Å²) in [5.41, 5.74) is 1.57. The summed E-state index contributed by atoms with van der Waals surface area (Å²) in [6.45, 7) is 2.06. The van der Waals surface area contributed by atoms with E-state index in [9.17, 15) is 8.42 Å². The Labute approximate surface area is 147 Å². The molecule has 4 rings (SSSR count). The van der Waals surface area contributed by atoms with Crippen LogP contribution in [-0.4, -0.2) is 30.5 Å². The molecule has 3 aromatic rings. The van der Waals surface area contributed by atoms with E-state index in [1.807, 2.05) is 18.2 Å². The molecular weight excluding hydrogens is 334 g/mol. The van der Waals surface area contributed by atoms with Crippen LogP contribution in [0, 0.1) is 5.92 Å². The van der Waals surface area contributed by atoms with Gasteiger partial charge in [-0.05, 0) is 68.1 Å². The maximum atomic E-state index is 13.1. The van der Waals surface area contributed by atoms with Crippen LogP contribution < -0.4 is 5.32 Å². The molecule has 6 heteroatoms. The van der Waals surface area contributed by atoms with Crippen LogP contribution in [0.4, 0.5) is 0 Å². The first-order valence-corrected chi connectivity index (χ1v) is 10.1. The smallest absolute Gasteiger partial charge is 0.269 e. The van der Waals surface area contributed by atoms with E-state index in [-0.39, 0.29) is 4.90 Å². The Kier molecular flexibility index (Phi) is 4.31. The molecule has 0 unspecified atom stereocenters. The number of pyridine rings is 1. The second-order valence-corrected chi connectivity index (χ2v) is 8.36. The standard InChI is InChI=1S/C19H21N3O2S/c23-25(24,17-5-2-1-3-6-17)22-14-16(13-15-8-11-20-12-9-15)18-7-4-10-21-19(18)22/h1-7,10,14-15,20H,8-9,11-13H2. The summed E-state index contributed by atoms with van der Waals surface area (Å²) in [5.74, 6) is 0.583. The zero-order valence-electron chi connectivity index (χ0n) is 13.9. The molecule has 0 radical (unpaired) electrons. The number of rotatable bonds is 4. The third-order valence-corrected chi connectivity index (χ3v) is 6.55. The summed E-state index contributed by atoms with van der Waals surface area (Å²) in [4.78, 5) is 4.64. The molecule has 0 amide bonds. The number of nitrogens with zero attached hydrogens (tertiary/aromatic N) is 2. The van der Waals surface area contributed by atoms with Crippen LogP contribution in [0.2, 0.25) is 0 Å². The van der Waals surface area contributed by atoms with Gasteiger partial charge in [0, 0.05) is 17.8 Å². The number of piperidine rings is 1. The van der Waals surface area contributed by atoms with Gasteiger partial charge in [0.15, 0.2) is 5.65 Å². The number of fused-ring (bicyclic) bond motifs is 1. The van der Waals surface area contributed by atoms with Crippen molar-refractivity contribution in [2.75, 3.05) is 13.1 Å². The zero-order valence-corrected chi connectivity index (χ0v) is 14.7. The van der Waals surface area contributed by atoms with Crippen molar-refractivity contribution in [3.63, 3.8) is 0 Å². The van der Waals surface area contributed by atoms with Gasteiger partial charge in [-0.3, -0.25) is 0 Å². The molecular formula is C19H21N3O2S. The summed E-state index contributed by atoms with van der Waals surface area (Å²) >= 11 is 0. The summed E-state index contributed by atoms with van der Waals surface area (Å²) in [5, 5.41) is 4.31. The van der Waals surface area contributed by atoms with E-state index >= 15 is 0 Å². The highest BCUT2D eigenvalue weighted by Crippen LogP contribution is 2.28. The van der Waals surface area contributed by atoms with Crippen LogP contribution in [0.5, 0.6) is 0 Å². The predicted octanol–water partition coefficient (Wildman–Crippen LogP) is 2.82. The van der Waals surface area contributed by atoms with Gasteiger partial charge < -0.3 is 5.32 Å². The lowest BCUT2D eigenvalue weighted by atomic mass is 9.91. The molecule has 5 nitrogen and oxygen atoms in total. The van der Waals surface area contributed by atoms with E-state index in [0.717, 1.165) is 43.3 Å². The second kappa shape index (κ2) is 6.61. The molecule has 1 aromatic carbocycles. The molecule has 1 saturated heterocycles. The van der Waals surface area contributed by atoms with Crippen LogP contribution in [0.1, 0.15) is 18.4 Å². The number of hydrogen-bond donors (Lipinski definition) is 1. The molecule has 1 aliphatic heterocycles. The lowest BCUT2D eigenvalue weighted by molar-refractivity contribution is 0.373. The fourth-order valence-corrected chi connectivity index (χ4v) is 4.91. The summed E-state index contributed by atoms with van der Waals surface area (Å²) in [6, 6.07) is 12.4. The van der Waals surface area contributed by atoms with Crippen LogP contribution in [0.3, 0.4) is 0 Å². The first kappa shape index (κ1) is 16.3. The molecule has 0 spiro atoms.